The van der Waals surface area contributed by atoms with E-state index in [9.17, 15) is 13.2 Å². The number of nitrogens with one attached hydrogen (secondary N) is 1. The molecule has 1 amide bonds. The molecular weight excluding hydrogens is 436 g/mol. The molecule has 0 spiro atoms. The van der Waals surface area contributed by atoms with Crippen molar-refractivity contribution in [3.8, 4) is 0 Å². The van der Waals surface area contributed by atoms with Gasteiger partial charge in [0.2, 0.25) is 0 Å². The molecule has 33 heavy (non-hydrogen) atoms. The lowest BCUT2D eigenvalue weighted by Crippen LogP contribution is -2.54. The topological polar surface area (TPSA) is 82.6 Å². The van der Waals surface area contributed by atoms with Crippen LogP contribution in [0.5, 0.6) is 0 Å². The molecule has 0 bridgehead atoms. The van der Waals surface area contributed by atoms with E-state index < -0.39 is 10.0 Å². The molecule has 2 fully saturated rings. The second kappa shape index (κ2) is 8.76. The predicted molar refractivity (Wildman–Crippen MR) is 129 cm³/mol. The number of carbonyl (C=O) groups excluding carboxylic acids is 1. The molecule has 2 aromatic carbocycles. The molecule has 2 heterocycles. The number of sulfonamides is 1. The Hall–Kier alpha value is -2.97. The van der Waals surface area contributed by atoms with E-state index >= 15 is 0 Å². The minimum atomic E-state index is -3.83. The number of benzene rings is 2. The van der Waals surface area contributed by atoms with Gasteiger partial charge < -0.3 is 4.90 Å². The smallest absolute Gasteiger partial charge is 0.264 e. The van der Waals surface area contributed by atoms with Crippen molar-refractivity contribution >= 4 is 32.5 Å². The number of carbonyl (C=O) groups is 1. The molecule has 7 nitrogen and oxygen atoms in total. The summed E-state index contributed by atoms with van der Waals surface area (Å²) in [7, 11) is -3.83. The maximum absolute atomic E-state index is 13.1. The van der Waals surface area contributed by atoms with Crippen LogP contribution in [0.4, 0.5) is 5.69 Å². The van der Waals surface area contributed by atoms with Gasteiger partial charge in [-0.1, -0.05) is 18.2 Å². The molecule has 1 saturated carbocycles. The van der Waals surface area contributed by atoms with Crippen molar-refractivity contribution in [1.82, 2.24) is 14.8 Å². The molecule has 1 N–H and O–H groups in total. The number of aromatic nitrogens is 1. The molecule has 1 atom stereocenters. The van der Waals surface area contributed by atoms with Gasteiger partial charge in [0.15, 0.2) is 0 Å². The highest BCUT2D eigenvalue weighted by atomic mass is 32.2. The zero-order chi connectivity index (χ0) is 23.0. The average Bonchev–Trinajstić information content (AvgIpc) is 3.63. The number of hydrogen-bond donors (Lipinski definition) is 1. The molecule has 5 rings (SSSR count). The van der Waals surface area contributed by atoms with Crippen LogP contribution >= 0.6 is 0 Å². The summed E-state index contributed by atoms with van der Waals surface area (Å²) in [5.74, 6) is 0.835. The molecule has 0 radical (unpaired) electrons. The summed E-state index contributed by atoms with van der Waals surface area (Å²) >= 11 is 0. The van der Waals surface area contributed by atoms with Gasteiger partial charge in [0.25, 0.3) is 15.9 Å². The van der Waals surface area contributed by atoms with Gasteiger partial charge in [0.05, 0.1) is 5.52 Å². The van der Waals surface area contributed by atoms with E-state index in [1.807, 2.05) is 17.0 Å². The molecule has 1 unspecified atom stereocenters. The second-order valence-corrected chi connectivity index (χ2v) is 10.7. The molecule has 1 aliphatic carbocycles. The highest BCUT2D eigenvalue weighted by molar-refractivity contribution is 7.93. The van der Waals surface area contributed by atoms with Crippen molar-refractivity contribution in [2.45, 2.75) is 30.7 Å². The lowest BCUT2D eigenvalue weighted by molar-refractivity contribution is 0.0482. The van der Waals surface area contributed by atoms with Crippen molar-refractivity contribution in [1.29, 1.82) is 0 Å². The van der Waals surface area contributed by atoms with E-state index in [1.54, 1.807) is 48.7 Å². The molecule has 1 aliphatic heterocycles. The van der Waals surface area contributed by atoms with E-state index in [-0.39, 0.29) is 16.8 Å². The molecule has 2 aliphatic rings. The van der Waals surface area contributed by atoms with E-state index in [4.69, 9.17) is 0 Å². The van der Waals surface area contributed by atoms with Crippen molar-refractivity contribution in [2.24, 2.45) is 5.92 Å². The van der Waals surface area contributed by atoms with Crippen LogP contribution in [0.3, 0.4) is 0 Å². The van der Waals surface area contributed by atoms with Gasteiger partial charge in [-0.25, -0.2) is 8.42 Å². The number of anilines is 1. The molecule has 1 aromatic heterocycles. The number of piperazine rings is 1. The summed E-state index contributed by atoms with van der Waals surface area (Å²) < 4.78 is 28.6. The Balaban J connectivity index is 1.28. The lowest BCUT2D eigenvalue weighted by Gasteiger charge is -2.40. The number of hydrogen-bond acceptors (Lipinski definition) is 5. The van der Waals surface area contributed by atoms with E-state index in [0.29, 0.717) is 16.8 Å². The van der Waals surface area contributed by atoms with Gasteiger partial charge in [-0.2, -0.15) is 0 Å². The first-order valence-electron chi connectivity index (χ1n) is 11.4. The summed E-state index contributed by atoms with van der Waals surface area (Å²) in [5.41, 5.74) is 1.39. The second-order valence-electron chi connectivity index (χ2n) is 9.06. The van der Waals surface area contributed by atoms with Crippen molar-refractivity contribution in [2.75, 3.05) is 30.9 Å². The molecule has 3 aromatic rings. The summed E-state index contributed by atoms with van der Waals surface area (Å²) in [6.07, 6.45) is 4.25. The van der Waals surface area contributed by atoms with Crippen LogP contribution < -0.4 is 4.72 Å². The monoisotopic (exact) mass is 464 g/mol. The van der Waals surface area contributed by atoms with Crippen LogP contribution in [0.15, 0.2) is 65.7 Å². The maximum Gasteiger partial charge on any atom is 0.264 e. The van der Waals surface area contributed by atoms with Gasteiger partial charge in [-0.15, -0.1) is 0 Å². The summed E-state index contributed by atoms with van der Waals surface area (Å²) in [6.45, 7) is 5.77. The number of rotatable bonds is 6. The SMILES string of the molecule is CC1CN(CC2CC2)CCN1C(=O)c1ccc(NS(=O)(=O)c2cccc3cccnc23)cc1. The Kier molecular flexibility index (Phi) is 5.80. The number of nitrogens with zero attached hydrogens (tertiary/aromatic N) is 3. The van der Waals surface area contributed by atoms with Crippen LogP contribution in [-0.2, 0) is 10.0 Å². The normalized spacial score (nSPS) is 19.5. The number of pyridine rings is 1. The largest absolute Gasteiger partial charge is 0.333 e. The number of amides is 1. The molecule has 172 valence electrons. The Morgan fingerprint density at radius 2 is 1.82 bits per heavy atom. The lowest BCUT2D eigenvalue weighted by atomic mass is 10.1. The predicted octanol–water partition coefficient (Wildman–Crippen LogP) is 3.59. The fraction of sp³-hybridized carbons (Fsp3) is 0.360. The van der Waals surface area contributed by atoms with Gasteiger partial charge >= 0.3 is 0 Å². The molecule has 1 saturated heterocycles. The fourth-order valence-corrected chi connectivity index (χ4v) is 5.76. The molecular formula is C25H28N4O3S. The van der Waals surface area contributed by atoms with Crippen molar-refractivity contribution < 1.29 is 13.2 Å². The third-order valence-electron chi connectivity index (χ3n) is 6.46. The Morgan fingerprint density at radius 3 is 2.55 bits per heavy atom. The van der Waals surface area contributed by atoms with Crippen molar-refractivity contribution in [3.05, 3.63) is 66.4 Å². The summed E-state index contributed by atoms with van der Waals surface area (Å²) in [6, 6.07) is 15.5. The Labute approximate surface area is 194 Å². The minimum absolute atomic E-state index is 0.0127. The van der Waals surface area contributed by atoms with E-state index in [1.165, 1.54) is 12.8 Å². The highest BCUT2D eigenvalue weighted by Crippen LogP contribution is 2.30. The van der Waals surface area contributed by atoms with Crippen LogP contribution in [0, 0.1) is 5.92 Å². The van der Waals surface area contributed by atoms with E-state index in [2.05, 4.69) is 21.5 Å². The van der Waals surface area contributed by atoms with Gasteiger partial charge in [0.1, 0.15) is 4.90 Å². The van der Waals surface area contributed by atoms with Gasteiger partial charge in [0, 0.05) is 55.1 Å². The number of fused-ring (bicyclic) bond motifs is 1. The number of para-hydroxylation sites is 1. The third-order valence-corrected chi connectivity index (χ3v) is 7.87. The quantitative estimate of drug-likeness (QED) is 0.603. The fourth-order valence-electron chi connectivity index (χ4n) is 4.52. The van der Waals surface area contributed by atoms with Crippen LogP contribution in [-0.4, -0.2) is 61.3 Å². The Morgan fingerprint density at radius 1 is 1.06 bits per heavy atom. The first kappa shape index (κ1) is 21.9. The Bertz CT molecular complexity index is 1270. The zero-order valence-corrected chi connectivity index (χ0v) is 19.5. The first-order chi connectivity index (χ1) is 15.9. The minimum Gasteiger partial charge on any atom is -0.333 e. The van der Waals surface area contributed by atoms with Crippen LogP contribution in [0.2, 0.25) is 0 Å². The highest BCUT2D eigenvalue weighted by Gasteiger charge is 2.31. The van der Waals surface area contributed by atoms with Crippen LogP contribution in [0.25, 0.3) is 10.9 Å². The average molecular weight is 465 g/mol. The van der Waals surface area contributed by atoms with E-state index in [0.717, 1.165) is 37.5 Å². The zero-order valence-electron chi connectivity index (χ0n) is 18.6. The van der Waals surface area contributed by atoms with Crippen molar-refractivity contribution in [3.63, 3.8) is 0 Å². The standard InChI is InChI=1S/C25H28N4O3S/c1-18-16-28(17-19-7-8-19)14-15-29(18)25(30)21-9-11-22(12-10-21)27-33(31,32)23-6-2-4-20-5-3-13-26-24(20)23/h2-6,9-13,18-19,27H,7-8,14-17H2,1H3. The maximum atomic E-state index is 13.1. The van der Waals surface area contributed by atoms with Gasteiger partial charge in [-0.3, -0.25) is 19.4 Å². The summed E-state index contributed by atoms with van der Waals surface area (Å²) in [4.78, 5) is 21.8. The first-order valence-corrected chi connectivity index (χ1v) is 12.9. The van der Waals surface area contributed by atoms with Gasteiger partial charge in [-0.05, 0) is 62.1 Å². The molecule has 8 heteroatoms. The third kappa shape index (κ3) is 4.72. The van der Waals surface area contributed by atoms with Crippen LogP contribution in [0.1, 0.15) is 30.1 Å². The summed E-state index contributed by atoms with van der Waals surface area (Å²) in [5, 5.41) is 0.757.